The summed E-state index contributed by atoms with van der Waals surface area (Å²) in [7, 11) is 0. The molecule has 31 heavy (non-hydrogen) atoms. The number of aromatic nitrogens is 2. The van der Waals surface area contributed by atoms with Crippen LogP contribution in [-0.4, -0.2) is 15.7 Å². The van der Waals surface area contributed by atoms with Gasteiger partial charge in [-0.25, -0.2) is 9.07 Å². The van der Waals surface area contributed by atoms with Crippen molar-refractivity contribution in [3.05, 3.63) is 102 Å². The molecule has 0 aliphatic heterocycles. The Morgan fingerprint density at radius 1 is 1.06 bits per heavy atom. The average Bonchev–Trinajstić information content (AvgIpc) is 3.26. The standard InChI is InChI=1S/C23H17ClFN3O2S/c24-18-14-16(10-11-19(18)25)30-15-28-13-12-21(27-28)23(29)26-20-8-4-5-9-22(20)31-17-6-2-1-3-7-17/h1-14H,15H2,(H,26,29). The van der Waals surface area contributed by atoms with Gasteiger partial charge in [-0.1, -0.05) is 53.7 Å². The normalized spacial score (nSPS) is 10.6. The number of halogens is 2. The summed E-state index contributed by atoms with van der Waals surface area (Å²) in [6.45, 7) is 0.0513. The van der Waals surface area contributed by atoms with Gasteiger partial charge in [0.1, 0.15) is 11.6 Å². The Bertz CT molecular complexity index is 1200. The van der Waals surface area contributed by atoms with Crippen molar-refractivity contribution in [2.75, 3.05) is 5.32 Å². The number of anilines is 1. The first-order chi connectivity index (χ1) is 15.1. The molecule has 0 unspecified atom stereocenters. The SMILES string of the molecule is O=C(Nc1ccccc1Sc1ccccc1)c1ccn(COc2ccc(F)c(Cl)c2)n1. The zero-order chi connectivity index (χ0) is 21.6. The molecule has 156 valence electrons. The lowest BCUT2D eigenvalue weighted by Crippen LogP contribution is -2.14. The molecule has 1 N–H and O–H groups in total. The summed E-state index contributed by atoms with van der Waals surface area (Å²) < 4.78 is 20.2. The van der Waals surface area contributed by atoms with Crippen LogP contribution in [-0.2, 0) is 6.73 Å². The topological polar surface area (TPSA) is 56.2 Å². The van der Waals surface area contributed by atoms with E-state index in [9.17, 15) is 9.18 Å². The second-order valence-electron chi connectivity index (χ2n) is 6.46. The minimum atomic E-state index is -0.516. The van der Waals surface area contributed by atoms with Gasteiger partial charge < -0.3 is 10.1 Å². The molecule has 0 aliphatic rings. The highest BCUT2D eigenvalue weighted by atomic mass is 35.5. The zero-order valence-electron chi connectivity index (χ0n) is 16.2. The van der Waals surface area contributed by atoms with Gasteiger partial charge in [-0.05, 0) is 42.5 Å². The van der Waals surface area contributed by atoms with Gasteiger partial charge in [-0.2, -0.15) is 5.10 Å². The van der Waals surface area contributed by atoms with E-state index < -0.39 is 5.82 Å². The summed E-state index contributed by atoms with van der Waals surface area (Å²) in [6.07, 6.45) is 1.63. The number of amides is 1. The van der Waals surface area contributed by atoms with E-state index in [1.165, 1.54) is 22.9 Å². The van der Waals surface area contributed by atoms with Crippen molar-refractivity contribution >= 4 is 35.0 Å². The van der Waals surface area contributed by atoms with E-state index in [-0.39, 0.29) is 23.4 Å². The van der Waals surface area contributed by atoms with Crippen LogP contribution >= 0.6 is 23.4 Å². The fourth-order valence-electron chi connectivity index (χ4n) is 2.72. The van der Waals surface area contributed by atoms with Gasteiger partial charge in [0.25, 0.3) is 5.91 Å². The molecule has 4 rings (SSSR count). The third-order valence-corrected chi connectivity index (χ3v) is 5.61. The number of hydrogen-bond donors (Lipinski definition) is 1. The summed E-state index contributed by atoms with van der Waals surface area (Å²) in [5.74, 6) is -0.442. The molecule has 0 aliphatic carbocycles. The number of rotatable bonds is 7. The smallest absolute Gasteiger partial charge is 0.276 e. The van der Waals surface area contributed by atoms with Crippen LogP contribution in [0.15, 0.2) is 94.9 Å². The largest absolute Gasteiger partial charge is 0.471 e. The van der Waals surface area contributed by atoms with Crippen molar-refractivity contribution in [1.29, 1.82) is 0 Å². The number of nitrogens with zero attached hydrogens (tertiary/aromatic N) is 2. The fourth-order valence-corrected chi connectivity index (χ4v) is 3.82. The Morgan fingerprint density at radius 2 is 1.84 bits per heavy atom. The van der Waals surface area contributed by atoms with Crippen molar-refractivity contribution in [3.8, 4) is 5.75 Å². The highest BCUT2D eigenvalue weighted by molar-refractivity contribution is 7.99. The first-order valence-corrected chi connectivity index (χ1v) is 10.5. The maximum absolute atomic E-state index is 13.2. The summed E-state index contributed by atoms with van der Waals surface area (Å²) in [5, 5.41) is 7.13. The Kier molecular flexibility index (Phi) is 6.54. The molecule has 0 radical (unpaired) electrons. The highest BCUT2D eigenvalue weighted by Crippen LogP contribution is 2.33. The van der Waals surface area contributed by atoms with Crippen LogP contribution in [0.4, 0.5) is 10.1 Å². The lowest BCUT2D eigenvalue weighted by molar-refractivity contribution is 0.102. The van der Waals surface area contributed by atoms with Gasteiger partial charge in [0, 0.05) is 22.1 Å². The summed E-state index contributed by atoms with van der Waals surface area (Å²) >= 11 is 7.32. The average molecular weight is 454 g/mol. The van der Waals surface area contributed by atoms with Gasteiger partial charge in [0.05, 0.1) is 10.7 Å². The maximum Gasteiger partial charge on any atom is 0.276 e. The van der Waals surface area contributed by atoms with Crippen LogP contribution in [0.3, 0.4) is 0 Å². The van der Waals surface area contributed by atoms with E-state index in [0.717, 1.165) is 9.79 Å². The lowest BCUT2D eigenvalue weighted by Gasteiger charge is -2.10. The monoisotopic (exact) mass is 453 g/mol. The molecule has 3 aromatic carbocycles. The van der Waals surface area contributed by atoms with E-state index >= 15 is 0 Å². The Balaban J connectivity index is 1.41. The second kappa shape index (κ2) is 9.68. The Labute approximate surface area is 187 Å². The van der Waals surface area contributed by atoms with Crippen molar-refractivity contribution < 1.29 is 13.9 Å². The number of ether oxygens (including phenoxy) is 1. The molecule has 0 saturated carbocycles. The first-order valence-electron chi connectivity index (χ1n) is 9.33. The fraction of sp³-hybridized carbons (Fsp3) is 0.0435. The number of carbonyl (C=O) groups excluding carboxylic acids is 1. The van der Waals surface area contributed by atoms with E-state index in [4.69, 9.17) is 16.3 Å². The molecule has 1 aromatic heterocycles. The minimum absolute atomic E-state index is 0.0231. The van der Waals surface area contributed by atoms with E-state index in [2.05, 4.69) is 10.4 Å². The molecular formula is C23H17ClFN3O2S. The Morgan fingerprint density at radius 3 is 2.65 bits per heavy atom. The number of benzene rings is 3. The summed E-state index contributed by atoms with van der Waals surface area (Å²) in [5.41, 5.74) is 0.952. The van der Waals surface area contributed by atoms with Crippen LogP contribution in [0.1, 0.15) is 10.5 Å². The van der Waals surface area contributed by atoms with Gasteiger partial charge in [-0.15, -0.1) is 0 Å². The first kappa shape index (κ1) is 21.0. The predicted octanol–water partition coefficient (Wildman–Crippen LogP) is 6.12. The van der Waals surface area contributed by atoms with E-state index in [1.807, 2.05) is 54.6 Å². The van der Waals surface area contributed by atoms with Gasteiger partial charge >= 0.3 is 0 Å². The molecule has 0 atom stereocenters. The predicted molar refractivity (Wildman–Crippen MR) is 119 cm³/mol. The van der Waals surface area contributed by atoms with Gasteiger partial charge in [0.2, 0.25) is 0 Å². The van der Waals surface area contributed by atoms with Crippen molar-refractivity contribution in [2.45, 2.75) is 16.5 Å². The molecule has 5 nitrogen and oxygen atoms in total. The third kappa shape index (κ3) is 5.45. The second-order valence-corrected chi connectivity index (χ2v) is 7.98. The molecule has 1 amide bonds. The lowest BCUT2D eigenvalue weighted by atomic mass is 10.3. The molecule has 0 fully saturated rings. The molecular weight excluding hydrogens is 437 g/mol. The molecule has 4 aromatic rings. The number of hydrogen-bond acceptors (Lipinski definition) is 4. The summed E-state index contributed by atoms with van der Waals surface area (Å²) in [6, 6.07) is 23.2. The van der Waals surface area contributed by atoms with Crippen LogP contribution < -0.4 is 10.1 Å². The molecule has 1 heterocycles. The molecule has 0 saturated heterocycles. The number of para-hydroxylation sites is 1. The van der Waals surface area contributed by atoms with Crippen molar-refractivity contribution in [1.82, 2.24) is 9.78 Å². The third-order valence-electron chi connectivity index (χ3n) is 4.23. The van der Waals surface area contributed by atoms with Crippen molar-refractivity contribution in [2.24, 2.45) is 0 Å². The summed E-state index contributed by atoms with van der Waals surface area (Å²) in [4.78, 5) is 14.7. The highest BCUT2D eigenvalue weighted by Gasteiger charge is 2.13. The van der Waals surface area contributed by atoms with Crippen LogP contribution in [0.2, 0.25) is 5.02 Å². The molecule has 0 spiro atoms. The molecule has 8 heteroatoms. The van der Waals surface area contributed by atoms with Gasteiger partial charge in [-0.3, -0.25) is 4.79 Å². The quantitative estimate of drug-likeness (QED) is 0.366. The van der Waals surface area contributed by atoms with E-state index in [1.54, 1.807) is 24.0 Å². The van der Waals surface area contributed by atoms with Gasteiger partial charge in [0.15, 0.2) is 12.4 Å². The maximum atomic E-state index is 13.2. The van der Waals surface area contributed by atoms with E-state index in [0.29, 0.717) is 11.4 Å². The Hall–Kier alpha value is -3.29. The van der Waals surface area contributed by atoms with Crippen LogP contribution in [0.25, 0.3) is 0 Å². The number of carbonyl (C=O) groups is 1. The zero-order valence-corrected chi connectivity index (χ0v) is 17.7. The minimum Gasteiger partial charge on any atom is -0.471 e. The van der Waals surface area contributed by atoms with Crippen LogP contribution in [0, 0.1) is 5.82 Å². The number of nitrogens with one attached hydrogen (secondary N) is 1. The molecule has 0 bridgehead atoms. The van der Waals surface area contributed by atoms with Crippen molar-refractivity contribution in [3.63, 3.8) is 0 Å². The van der Waals surface area contributed by atoms with Crippen LogP contribution in [0.5, 0.6) is 5.75 Å².